The topological polar surface area (TPSA) is 46.2 Å². The van der Waals surface area contributed by atoms with Gasteiger partial charge >= 0.3 is 16.0 Å². The Morgan fingerprint density at radius 1 is 0.968 bits per heavy atom. The SMILES string of the molecule is CCCCCCCCCCCC[n+]1ccn(S(=O)(=O)N(C)C)c1-c1cccc(Cl)c1.[Cl-]. The third kappa shape index (κ3) is 8.41. The molecule has 0 aliphatic rings. The van der Waals surface area contributed by atoms with Gasteiger partial charge in [0.15, 0.2) is 0 Å². The smallest absolute Gasteiger partial charge is 0.379 e. The minimum absolute atomic E-state index is 0. The molecular formula is C23H37Cl2N3O2S. The van der Waals surface area contributed by atoms with E-state index in [1.54, 1.807) is 26.4 Å². The molecule has 31 heavy (non-hydrogen) atoms. The molecule has 8 heteroatoms. The number of hydrogen-bond donors (Lipinski definition) is 0. The molecule has 0 bridgehead atoms. The van der Waals surface area contributed by atoms with E-state index in [0.29, 0.717) is 10.8 Å². The van der Waals surface area contributed by atoms with E-state index in [2.05, 4.69) is 6.92 Å². The van der Waals surface area contributed by atoms with E-state index < -0.39 is 10.2 Å². The van der Waals surface area contributed by atoms with Crippen molar-refractivity contribution in [3.05, 3.63) is 41.7 Å². The zero-order valence-corrected chi connectivity index (χ0v) is 21.4. The molecule has 2 rings (SSSR count). The molecule has 0 unspecified atom stereocenters. The predicted molar refractivity (Wildman–Crippen MR) is 125 cm³/mol. The summed E-state index contributed by atoms with van der Waals surface area (Å²) < 4.78 is 30.2. The van der Waals surface area contributed by atoms with Gasteiger partial charge in [0, 0.05) is 19.1 Å². The molecule has 0 fully saturated rings. The number of aromatic nitrogens is 2. The lowest BCUT2D eigenvalue weighted by molar-refractivity contribution is -0.685. The van der Waals surface area contributed by atoms with E-state index in [0.717, 1.165) is 24.9 Å². The van der Waals surface area contributed by atoms with Crippen molar-refractivity contribution in [2.75, 3.05) is 14.1 Å². The second-order valence-corrected chi connectivity index (χ2v) is 10.5. The van der Waals surface area contributed by atoms with Gasteiger partial charge in [0.05, 0.1) is 12.1 Å². The van der Waals surface area contributed by atoms with Gasteiger partial charge in [0.1, 0.15) is 12.4 Å². The minimum Gasteiger partial charge on any atom is -1.00 e. The highest BCUT2D eigenvalue weighted by atomic mass is 35.5. The lowest BCUT2D eigenvalue weighted by Crippen LogP contribution is -3.00. The van der Waals surface area contributed by atoms with Gasteiger partial charge in [-0.2, -0.15) is 12.7 Å². The van der Waals surface area contributed by atoms with Crippen LogP contribution in [0.15, 0.2) is 36.7 Å². The van der Waals surface area contributed by atoms with Crippen molar-refractivity contribution in [3.63, 3.8) is 0 Å². The monoisotopic (exact) mass is 489 g/mol. The molecule has 0 N–H and O–H groups in total. The molecular weight excluding hydrogens is 453 g/mol. The van der Waals surface area contributed by atoms with Crippen molar-refractivity contribution in [3.8, 4) is 11.4 Å². The molecule has 0 atom stereocenters. The molecule has 0 saturated heterocycles. The number of unbranched alkanes of at least 4 members (excludes halogenated alkanes) is 9. The van der Waals surface area contributed by atoms with Gasteiger partial charge in [-0.1, -0.05) is 76.0 Å². The lowest BCUT2D eigenvalue weighted by Gasteiger charge is -2.10. The highest BCUT2D eigenvalue weighted by molar-refractivity contribution is 7.87. The standard InChI is InChI=1S/C23H37ClN3O2S.ClH/c1-4-5-6-7-8-9-10-11-12-13-17-26-18-19-27(30(28,29)25(2)3)23(26)21-15-14-16-22(24)20-21;/h14-16,18-20H,4-13,17H2,1-3H3;1H/q+1;/p-1. The molecule has 0 spiro atoms. The maximum absolute atomic E-state index is 12.8. The zero-order valence-electron chi connectivity index (χ0n) is 19.1. The third-order valence-corrected chi connectivity index (χ3v) is 7.36. The van der Waals surface area contributed by atoms with Crippen molar-refractivity contribution < 1.29 is 25.4 Å². The average Bonchev–Trinajstić information content (AvgIpc) is 3.14. The summed E-state index contributed by atoms with van der Waals surface area (Å²) in [6.45, 7) is 3.04. The largest absolute Gasteiger partial charge is 1.00 e. The van der Waals surface area contributed by atoms with E-state index >= 15 is 0 Å². The van der Waals surface area contributed by atoms with Crippen LogP contribution in [0.2, 0.25) is 5.02 Å². The van der Waals surface area contributed by atoms with Gasteiger partial charge in [-0.05, 0) is 31.0 Å². The Balaban J connectivity index is 0.00000480. The summed E-state index contributed by atoms with van der Waals surface area (Å²) in [5, 5.41) is 0.591. The fourth-order valence-corrected chi connectivity index (χ4v) is 4.82. The molecule has 1 heterocycles. The summed E-state index contributed by atoms with van der Waals surface area (Å²) in [4.78, 5) is 0. The number of imidazole rings is 1. The highest BCUT2D eigenvalue weighted by Crippen LogP contribution is 2.22. The number of aryl methyl sites for hydroxylation is 1. The van der Waals surface area contributed by atoms with Crippen LogP contribution in [0.25, 0.3) is 11.4 Å². The Morgan fingerprint density at radius 2 is 1.55 bits per heavy atom. The van der Waals surface area contributed by atoms with E-state index in [1.807, 2.05) is 29.0 Å². The lowest BCUT2D eigenvalue weighted by atomic mass is 10.1. The normalized spacial score (nSPS) is 11.6. The van der Waals surface area contributed by atoms with E-state index in [4.69, 9.17) is 11.6 Å². The molecule has 1 aromatic carbocycles. The predicted octanol–water partition coefficient (Wildman–Crippen LogP) is 2.68. The van der Waals surface area contributed by atoms with Gasteiger partial charge in [-0.15, -0.1) is 3.97 Å². The second-order valence-electron chi connectivity index (χ2n) is 8.09. The summed E-state index contributed by atoms with van der Waals surface area (Å²) in [6, 6.07) is 7.36. The number of halogens is 2. The molecule has 0 aliphatic heterocycles. The van der Waals surface area contributed by atoms with Gasteiger partial charge in [0.25, 0.3) is 0 Å². The summed E-state index contributed by atoms with van der Waals surface area (Å²) in [5.74, 6) is 0.641. The molecule has 0 saturated carbocycles. The van der Waals surface area contributed by atoms with Crippen LogP contribution in [0.1, 0.15) is 71.1 Å². The van der Waals surface area contributed by atoms with Crippen molar-refractivity contribution in [2.24, 2.45) is 0 Å². The number of nitrogens with zero attached hydrogens (tertiary/aromatic N) is 3. The molecule has 176 valence electrons. The molecule has 1 aromatic heterocycles. The van der Waals surface area contributed by atoms with Crippen molar-refractivity contribution in [1.82, 2.24) is 8.28 Å². The first-order valence-corrected chi connectivity index (χ1v) is 12.9. The Hall–Kier alpha value is -1.08. The highest BCUT2D eigenvalue weighted by Gasteiger charge is 2.30. The first kappa shape index (κ1) is 28.0. The second kappa shape index (κ2) is 14.1. The molecule has 0 amide bonds. The third-order valence-electron chi connectivity index (χ3n) is 5.41. The van der Waals surface area contributed by atoms with Crippen LogP contribution < -0.4 is 17.0 Å². The maximum atomic E-state index is 12.8. The summed E-state index contributed by atoms with van der Waals surface area (Å²) in [6.07, 6.45) is 16.2. The molecule has 0 aliphatic carbocycles. The van der Waals surface area contributed by atoms with Crippen LogP contribution in [0.3, 0.4) is 0 Å². The van der Waals surface area contributed by atoms with Crippen molar-refractivity contribution in [2.45, 2.75) is 77.7 Å². The Labute approximate surface area is 200 Å². The van der Waals surface area contributed by atoms with E-state index in [9.17, 15) is 8.42 Å². The quantitative estimate of drug-likeness (QED) is 0.302. The van der Waals surface area contributed by atoms with Gasteiger partial charge in [0.2, 0.25) is 0 Å². The maximum Gasteiger partial charge on any atom is 0.379 e. The van der Waals surface area contributed by atoms with E-state index in [-0.39, 0.29) is 12.4 Å². The first-order valence-electron chi connectivity index (χ1n) is 11.2. The van der Waals surface area contributed by atoms with Crippen LogP contribution in [-0.4, -0.2) is 30.8 Å². The van der Waals surface area contributed by atoms with Crippen LogP contribution >= 0.6 is 11.6 Å². The number of hydrogen-bond acceptors (Lipinski definition) is 2. The first-order chi connectivity index (χ1) is 14.4. The Morgan fingerprint density at radius 3 is 2.10 bits per heavy atom. The van der Waals surface area contributed by atoms with E-state index in [1.165, 1.54) is 59.6 Å². The fraction of sp³-hybridized carbons (Fsp3) is 0.609. The molecule has 2 aromatic rings. The minimum atomic E-state index is -3.61. The molecule has 5 nitrogen and oxygen atoms in total. The summed E-state index contributed by atoms with van der Waals surface area (Å²) >= 11 is 6.18. The van der Waals surface area contributed by atoms with Crippen molar-refractivity contribution in [1.29, 1.82) is 0 Å². The van der Waals surface area contributed by atoms with Gasteiger partial charge < -0.3 is 12.4 Å². The fourth-order valence-electron chi connectivity index (χ4n) is 3.64. The number of benzene rings is 1. The van der Waals surface area contributed by atoms with Crippen LogP contribution in [0.4, 0.5) is 0 Å². The van der Waals surface area contributed by atoms with Crippen molar-refractivity contribution >= 4 is 21.8 Å². The van der Waals surface area contributed by atoms with Crippen LogP contribution in [0.5, 0.6) is 0 Å². The molecule has 0 radical (unpaired) electrons. The number of rotatable bonds is 14. The summed E-state index contributed by atoms with van der Waals surface area (Å²) in [5.41, 5.74) is 0.796. The van der Waals surface area contributed by atoms with Crippen LogP contribution in [-0.2, 0) is 16.8 Å². The Bertz CT molecular complexity index is 883. The zero-order chi connectivity index (χ0) is 22.0. The Kier molecular flexibility index (Phi) is 12.8. The van der Waals surface area contributed by atoms with Gasteiger partial charge in [-0.3, -0.25) is 0 Å². The van der Waals surface area contributed by atoms with Crippen LogP contribution in [0, 0.1) is 0 Å². The average molecular weight is 491 g/mol. The van der Waals surface area contributed by atoms with Gasteiger partial charge in [-0.25, -0.2) is 4.57 Å². The summed E-state index contributed by atoms with van der Waals surface area (Å²) in [7, 11) is -0.523.